The summed E-state index contributed by atoms with van der Waals surface area (Å²) in [6.45, 7) is 10.9. The summed E-state index contributed by atoms with van der Waals surface area (Å²) < 4.78 is 28.9. The number of ether oxygens (including phenoxy) is 5. The second-order valence-corrected chi connectivity index (χ2v) is 18.0. The maximum atomic E-state index is 13.5. The second-order valence-electron chi connectivity index (χ2n) is 18.0. The summed E-state index contributed by atoms with van der Waals surface area (Å²) in [6.07, 6.45) is 25.1. The molecule has 2 atom stereocenters. The summed E-state index contributed by atoms with van der Waals surface area (Å²) in [6, 6.07) is 0. The first-order valence-corrected chi connectivity index (χ1v) is 24.9. The van der Waals surface area contributed by atoms with Crippen LogP contribution in [0.15, 0.2) is 0 Å². The Kier molecular flexibility index (Phi) is 38.3. The van der Waals surface area contributed by atoms with E-state index in [0.29, 0.717) is 32.4 Å². The highest BCUT2D eigenvalue weighted by atomic mass is 16.6. The number of esters is 5. The predicted octanol–water partition coefficient (Wildman–Crippen LogP) is 11.9. The number of carbonyl (C=O) groups is 5. The predicted molar refractivity (Wildman–Crippen MR) is 245 cm³/mol. The average Bonchev–Trinajstić information content (AvgIpc) is 3.23. The minimum absolute atomic E-state index is 0.0676. The van der Waals surface area contributed by atoms with Crippen LogP contribution in [-0.4, -0.2) is 88.4 Å². The highest BCUT2D eigenvalue weighted by Crippen LogP contribution is 2.27. The van der Waals surface area contributed by atoms with Crippen molar-refractivity contribution in [2.24, 2.45) is 17.3 Å². The van der Waals surface area contributed by atoms with Crippen molar-refractivity contribution < 1.29 is 47.7 Å². The third-order valence-corrected chi connectivity index (χ3v) is 11.4. The molecule has 2 unspecified atom stereocenters. The first kappa shape index (κ1) is 58.3. The molecule has 0 aromatic carbocycles. The second kappa shape index (κ2) is 40.1. The number of hydrogen-bond donors (Lipinski definition) is 0. The van der Waals surface area contributed by atoms with Gasteiger partial charge in [-0.15, -0.1) is 0 Å². The van der Waals surface area contributed by atoms with Crippen molar-refractivity contribution >= 4 is 29.8 Å². The van der Waals surface area contributed by atoms with Gasteiger partial charge in [-0.05, 0) is 71.0 Å². The molecule has 0 aromatic heterocycles. The minimum Gasteiger partial charge on any atom is -0.466 e. The largest absolute Gasteiger partial charge is 0.466 e. The first-order valence-electron chi connectivity index (χ1n) is 24.9. The molecule has 61 heavy (non-hydrogen) atoms. The van der Waals surface area contributed by atoms with E-state index in [0.717, 1.165) is 89.9 Å². The van der Waals surface area contributed by atoms with E-state index in [1.54, 1.807) is 0 Å². The molecule has 0 heterocycles. The Labute approximate surface area is 373 Å². The molecule has 0 radical (unpaired) electrons. The highest BCUT2D eigenvalue weighted by Gasteiger charge is 2.38. The number of hydrogen-bond acceptors (Lipinski definition) is 11. The molecule has 0 aromatic rings. The van der Waals surface area contributed by atoms with Gasteiger partial charge in [0.05, 0.1) is 6.61 Å². The Morgan fingerprint density at radius 1 is 0.393 bits per heavy atom. The van der Waals surface area contributed by atoms with E-state index in [-0.39, 0.29) is 88.3 Å². The quantitative estimate of drug-likeness (QED) is 0.0329. The van der Waals surface area contributed by atoms with Crippen molar-refractivity contribution in [3.05, 3.63) is 0 Å². The Bertz CT molecular complexity index is 1070. The van der Waals surface area contributed by atoms with Crippen LogP contribution in [0, 0.1) is 17.3 Å². The standard InChI is InChI=1S/C50H93NO10/c1-8-13-16-19-22-30-43(28-11-4)37-48(55)60-41-50(40-59-47(54)34-27-35-51(6)7,42-61-49(56)38-44(29-12-5)31-23-20-17-14-9-2)39-58-46(53)33-25-24-32-45(52)57-36-26-21-18-15-10-3/h43-44H,8-42H2,1-7H3. The lowest BCUT2D eigenvalue weighted by molar-refractivity contribution is -0.171. The molecule has 0 fully saturated rings. The lowest BCUT2D eigenvalue weighted by Crippen LogP contribution is -2.44. The van der Waals surface area contributed by atoms with E-state index in [2.05, 4.69) is 34.6 Å². The molecule has 0 aliphatic carbocycles. The van der Waals surface area contributed by atoms with Gasteiger partial charge < -0.3 is 28.6 Å². The van der Waals surface area contributed by atoms with Gasteiger partial charge >= 0.3 is 29.8 Å². The molecule has 0 amide bonds. The van der Waals surface area contributed by atoms with Gasteiger partial charge in [-0.1, -0.05) is 150 Å². The summed E-state index contributed by atoms with van der Waals surface area (Å²) >= 11 is 0. The number of carbonyl (C=O) groups excluding carboxylic acids is 5. The molecule has 358 valence electrons. The van der Waals surface area contributed by atoms with Crippen LogP contribution in [-0.2, 0) is 47.7 Å². The average molecular weight is 868 g/mol. The van der Waals surface area contributed by atoms with Crippen molar-refractivity contribution in [3.63, 3.8) is 0 Å². The van der Waals surface area contributed by atoms with Crippen LogP contribution in [0.5, 0.6) is 0 Å². The van der Waals surface area contributed by atoms with Crippen molar-refractivity contribution in [1.82, 2.24) is 4.90 Å². The topological polar surface area (TPSA) is 135 Å². The summed E-state index contributed by atoms with van der Waals surface area (Å²) in [5, 5.41) is 0. The van der Waals surface area contributed by atoms with Crippen LogP contribution in [0.2, 0.25) is 0 Å². The number of unbranched alkanes of at least 4 members (excludes halogenated alkanes) is 13. The van der Waals surface area contributed by atoms with Crippen molar-refractivity contribution in [1.29, 1.82) is 0 Å². The first-order chi connectivity index (χ1) is 29.4. The monoisotopic (exact) mass is 868 g/mol. The molecule has 0 aliphatic heterocycles. The number of rotatable bonds is 43. The maximum absolute atomic E-state index is 13.5. The lowest BCUT2D eigenvalue weighted by Gasteiger charge is -2.32. The fourth-order valence-electron chi connectivity index (χ4n) is 7.55. The summed E-state index contributed by atoms with van der Waals surface area (Å²) in [5.74, 6) is -1.55. The summed E-state index contributed by atoms with van der Waals surface area (Å²) in [7, 11) is 3.87. The lowest BCUT2D eigenvalue weighted by atomic mass is 9.91. The third kappa shape index (κ3) is 35.5. The van der Waals surface area contributed by atoms with Gasteiger partial charge in [-0.25, -0.2) is 0 Å². The van der Waals surface area contributed by atoms with Crippen LogP contribution in [0.3, 0.4) is 0 Å². The van der Waals surface area contributed by atoms with Crippen LogP contribution < -0.4 is 0 Å². The molecular weight excluding hydrogens is 775 g/mol. The zero-order valence-corrected chi connectivity index (χ0v) is 40.4. The minimum atomic E-state index is -1.31. The van der Waals surface area contributed by atoms with E-state index in [1.807, 2.05) is 19.0 Å². The summed E-state index contributed by atoms with van der Waals surface area (Å²) in [5.41, 5.74) is -1.31. The molecule has 0 aliphatic rings. The van der Waals surface area contributed by atoms with E-state index in [1.165, 1.54) is 44.9 Å². The van der Waals surface area contributed by atoms with E-state index < -0.39 is 17.4 Å². The smallest absolute Gasteiger partial charge is 0.306 e. The SMILES string of the molecule is CCCCCCCOC(=O)CCCCC(=O)OCC(COC(=O)CCCN(C)C)(COC(=O)CC(CCC)CCCCCCC)COC(=O)CC(CCC)CCCCCCC. The van der Waals surface area contributed by atoms with Crippen LogP contribution in [0.4, 0.5) is 0 Å². The normalized spacial score (nSPS) is 13.3. The zero-order valence-electron chi connectivity index (χ0n) is 40.4. The zero-order chi connectivity index (χ0) is 45.4. The van der Waals surface area contributed by atoms with E-state index in [9.17, 15) is 24.0 Å². The fourth-order valence-corrected chi connectivity index (χ4v) is 7.55. The Morgan fingerprint density at radius 3 is 1.15 bits per heavy atom. The van der Waals surface area contributed by atoms with Crippen LogP contribution >= 0.6 is 0 Å². The fraction of sp³-hybridized carbons (Fsp3) is 0.900. The summed E-state index contributed by atoms with van der Waals surface area (Å²) in [4.78, 5) is 67.3. The van der Waals surface area contributed by atoms with Crippen molar-refractivity contribution in [2.75, 3.05) is 53.7 Å². The van der Waals surface area contributed by atoms with Crippen molar-refractivity contribution in [2.45, 2.75) is 221 Å². The van der Waals surface area contributed by atoms with Crippen molar-refractivity contribution in [3.8, 4) is 0 Å². The molecule has 0 spiro atoms. The molecule has 11 heteroatoms. The molecule has 0 saturated carbocycles. The van der Waals surface area contributed by atoms with Gasteiger partial charge in [0.1, 0.15) is 31.8 Å². The van der Waals surface area contributed by atoms with E-state index in [4.69, 9.17) is 23.7 Å². The molecule has 0 rings (SSSR count). The molecular formula is C50H93NO10. The molecule has 0 N–H and O–H groups in total. The van der Waals surface area contributed by atoms with Gasteiger partial charge in [0.25, 0.3) is 0 Å². The molecule has 0 bridgehead atoms. The van der Waals surface area contributed by atoms with E-state index >= 15 is 0 Å². The maximum Gasteiger partial charge on any atom is 0.306 e. The molecule has 0 saturated heterocycles. The molecule has 11 nitrogen and oxygen atoms in total. The van der Waals surface area contributed by atoms with Gasteiger partial charge in [0.15, 0.2) is 0 Å². The highest BCUT2D eigenvalue weighted by molar-refractivity contribution is 5.72. The van der Waals surface area contributed by atoms with Gasteiger partial charge in [-0.2, -0.15) is 0 Å². The van der Waals surface area contributed by atoms with Crippen LogP contribution in [0.1, 0.15) is 221 Å². The number of nitrogens with zero attached hydrogens (tertiary/aromatic N) is 1. The Balaban J connectivity index is 5.96. The van der Waals surface area contributed by atoms with Crippen LogP contribution in [0.25, 0.3) is 0 Å². The van der Waals surface area contributed by atoms with Gasteiger partial charge in [0, 0.05) is 32.1 Å². The Hall–Kier alpha value is -2.69. The van der Waals surface area contributed by atoms with Gasteiger partial charge in [0.2, 0.25) is 0 Å². The third-order valence-electron chi connectivity index (χ3n) is 11.4. The van der Waals surface area contributed by atoms with Gasteiger partial charge in [-0.3, -0.25) is 24.0 Å². The Morgan fingerprint density at radius 2 is 0.754 bits per heavy atom.